The summed E-state index contributed by atoms with van der Waals surface area (Å²) in [4.78, 5) is 30.9. The van der Waals surface area contributed by atoms with Gasteiger partial charge in [0.25, 0.3) is 11.5 Å². The van der Waals surface area contributed by atoms with Gasteiger partial charge in [0.05, 0.1) is 18.8 Å². The van der Waals surface area contributed by atoms with Crippen LogP contribution in [0.1, 0.15) is 22.2 Å². The minimum Gasteiger partial charge on any atom is -0.370 e. The zero-order valence-electron chi connectivity index (χ0n) is 14.0. The molecule has 1 aromatic carbocycles. The Morgan fingerprint density at radius 3 is 2.81 bits per heavy atom. The second-order valence-corrected chi connectivity index (χ2v) is 6.08. The topological polar surface area (TPSA) is 80.2 Å². The highest BCUT2D eigenvalue weighted by molar-refractivity contribution is 5.92. The number of hydrogen-bond donors (Lipinski definition) is 1. The fourth-order valence-electron chi connectivity index (χ4n) is 3.05. The van der Waals surface area contributed by atoms with E-state index in [-0.39, 0.29) is 23.3 Å². The summed E-state index contributed by atoms with van der Waals surface area (Å²) in [5.74, 6) is -0.214. The molecule has 0 spiro atoms. The maximum Gasteiger partial charge on any atom is 0.272 e. The number of pyridine rings is 1. The number of aromatic nitrogens is 3. The van der Waals surface area contributed by atoms with Crippen LogP contribution in [-0.4, -0.2) is 45.3 Å². The number of para-hydroxylation sites is 1. The molecule has 0 saturated carbocycles. The average Bonchev–Trinajstić information content (AvgIpc) is 3.10. The lowest BCUT2D eigenvalue weighted by Gasteiger charge is -2.32. The Morgan fingerprint density at radius 1 is 1.19 bits per heavy atom. The molecule has 0 bridgehead atoms. The van der Waals surface area contributed by atoms with Crippen molar-refractivity contribution in [2.75, 3.05) is 19.7 Å². The lowest BCUT2D eigenvalue weighted by atomic mass is 10.1. The van der Waals surface area contributed by atoms with Crippen LogP contribution in [0.3, 0.4) is 0 Å². The predicted octanol–water partition coefficient (Wildman–Crippen LogP) is 1.77. The van der Waals surface area contributed by atoms with Gasteiger partial charge in [-0.15, -0.1) is 0 Å². The number of hydrogen-bond acceptors (Lipinski definition) is 4. The Hall–Kier alpha value is -3.19. The summed E-state index contributed by atoms with van der Waals surface area (Å²) in [6.07, 6.45) is 3.22. The number of carbonyl (C=O) groups excluding carboxylic acids is 1. The third-order valence-corrected chi connectivity index (χ3v) is 4.38. The normalized spacial score (nSPS) is 17.2. The first-order chi connectivity index (χ1) is 12.7. The largest absolute Gasteiger partial charge is 0.370 e. The molecular formula is C19H18N4O3. The van der Waals surface area contributed by atoms with Gasteiger partial charge in [-0.05, 0) is 18.2 Å². The second kappa shape index (κ2) is 6.97. The quantitative estimate of drug-likeness (QED) is 0.781. The fraction of sp³-hybridized carbons (Fsp3) is 0.211. The third-order valence-electron chi connectivity index (χ3n) is 4.38. The van der Waals surface area contributed by atoms with Crippen LogP contribution in [0.25, 0.3) is 5.69 Å². The molecule has 1 fully saturated rings. The first kappa shape index (κ1) is 16.3. The van der Waals surface area contributed by atoms with Crippen LogP contribution < -0.4 is 5.56 Å². The number of nitrogens with zero attached hydrogens (tertiary/aromatic N) is 3. The number of aromatic amines is 1. The average molecular weight is 350 g/mol. The van der Waals surface area contributed by atoms with Gasteiger partial charge in [-0.25, -0.2) is 4.68 Å². The van der Waals surface area contributed by atoms with E-state index in [1.807, 2.05) is 30.3 Å². The van der Waals surface area contributed by atoms with Crippen molar-refractivity contribution >= 4 is 5.91 Å². The zero-order valence-corrected chi connectivity index (χ0v) is 14.0. The van der Waals surface area contributed by atoms with Gasteiger partial charge in [-0.1, -0.05) is 24.3 Å². The number of ether oxygens (including phenoxy) is 1. The Bertz CT molecular complexity index is 950. The molecule has 0 aliphatic carbocycles. The van der Waals surface area contributed by atoms with Crippen LogP contribution in [0.2, 0.25) is 0 Å². The molecule has 1 amide bonds. The van der Waals surface area contributed by atoms with E-state index in [9.17, 15) is 9.59 Å². The van der Waals surface area contributed by atoms with Gasteiger partial charge in [0.15, 0.2) is 0 Å². The Balaban J connectivity index is 1.55. The zero-order chi connectivity index (χ0) is 17.9. The van der Waals surface area contributed by atoms with E-state index in [1.54, 1.807) is 29.4 Å². The van der Waals surface area contributed by atoms with Crippen molar-refractivity contribution < 1.29 is 9.53 Å². The molecule has 3 heterocycles. The predicted molar refractivity (Wildman–Crippen MR) is 95.2 cm³/mol. The van der Waals surface area contributed by atoms with Gasteiger partial charge in [0, 0.05) is 30.6 Å². The van der Waals surface area contributed by atoms with E-state index in [1.165, 1.54) is 10.7 Å². The second-order valence-electron chi connectivity index (χ2n) is 6.08. The van der Waals surface area contributed by atoms with Crippen LogP contribution in [0, 0.1) is 0 Å². The first-order valence-electron chi connectivity index (χ1n) is 8.40. The Morgan fingerprint density at radius 2 is 2.04 bits per heavy atom. The van der Waals surface area contributed by atoms with Crippen molar-refractivity contribution in [2.45, 2.75) is 6.10 Å². The minimum atomic E-state index is -0.267. The maximum atomic E-state index is 12.8. The summed E-state index contributed by atoms with van der Waals surface area (Å²) >= 11 is 0. The molecule has 1 aliphatic heterocycles. The molecule has 1 atom stereocenters. The molecule has 1 aliphatic rings. The first-order valence-corrected chi connectivity index (χ1v) is 8.40. The molecule has 2 aromatic heterocycles. The molecule has 7 heteroatoms. The van der Waals surface area contributed by atoms with Gasteiger partial charge < -0.3 is 9.64 Å². The summed E-state index contributed by atoms with van der Waals surface area (Å²) in [5.41, 5.74) is 1.62. The molecular weight excluding hydrogens is 332 g/mol. The minimum absolute atomic E-state index is 0.214. The van der Waals surface area contributed by atoms with Gasteiger partial charge in [0.1, 0.15) is 11.8 Å². The lowest BCUT2D eigenvalue weighted by Crippen LogP contribution is -2.42. The Labute approximate surface area is 149 Å². The summed E-state index contributed by atoms with van der Waals surface area (Å²) in [5, 5.41) is 2.91. The van der Waals surface area contributed by atoms with E-state index >= 15 is 0 Å². The highest BCUT2D eigenvalue weighted by Gasteiger charge is 2.27. The van der Waals surface area contributed by atoms with Crippen LogP contribution in [0.15, 0.2) is 65.7 Å². The highest BCUT2D eigenvalue weighted by atomic mass is 16.5. The fourth-order valence-corrected chi connectivity index (χ4v) is 3.05. The van der Waals surface area contributed by atoms with Gasteiger partial charge in [0.2, 0.25) is 0 Å². The maximum absolute atomic E-state index is 12.8. The van der Waals surface area contributed by atoms with E-state index in [2.05, 4.69) is 10.1 Å². The van der Waals surface area contributed by atoms with Gasteiger partial charge in [-0.3, -0.25) is 19.7 Å². The van der Waals surface area contributed by atoms with Crippen molar-refractivity contribution in [1.29, 1.82) is 0 Å². The number of nitrogens with one attached hydrogen (secondary N) is 1. The summed E-state index contributed by atoms with van der Waals surface area (Å²) in [7, 11) is 0. The van der Waals surface area contributed by atoms with E-state index < -0.39 is 0 Å². The molecule has 7 nitrogen and oxygen atoms in total. The van der Waals surface area contributed by atoms with Crippen molar-refractivity contribution in [3.05, 3.63) is 82.5 Å². The standard InChI is InChI=1S/C19H18N4O3/c24-18-11-16(21-23(18)15-6-2-1-3-7-15)19(25)22-9-10-26-17(13-22)14-5-4-8-20-12-14/h1-8,11-12,17,21H,9-10,13H2/t17-/m1/s1. The monoisotopic (exact) mass is 350 g/mol. The molecule has 0 radical (unpaired) electrons. The van der Waals surface area contributed by atoms with Crippen molar-refractivity contribution in [3.63, 3.8) is 0 Å². The number of carbonyl (C=O) groups is 1. The van der Waals surface area contributed by atoms with Gasteiger partial charge >= 0.3 is 0 Å². The van der Waals surface area contributed by atoms with Crippen molar-refractivity contribution in [2.24, 2.45) is 0 Å². The smallest absolute Gasteiger partial charge is 0.272 e. The molecule has 4 rings (SSSR count). The van der Waals surface area contributed by atoms with Crippen LogP contribution in [-0.2, 0) is 4.74 Å². The SMILES string of the molecule is O=C(c1cc(=O)n(-c2ccccc2)[nH]1)N1CCO[C@@H](c2cccnc2)C1. The summed E-state index contributed by atoms with van der Waals surface area (Å²) in [6, 6.07) is 14.3. The van der Waals surface area contributed by atoms with Crippen LogP contribution in [0.4, 0.5) is 0 Å². The Kier molecular flexibility index (Phi) is 4.37. The number of amides is 1. The lowest BCUT2D eigenvalue weighted by molar-refractivity contribution is -0.0231. The number of rotatable bonds is 3. The summed E-state index contributed by atoms with van der Waals surface area (Å²) in [6.45, 7) is 1.34. The highest BCUT2D eigenvalue weighted by Crippen LogP contribution is 2.22. The van der Waals surface area contributed by atoms with E-state index in [4.69, 9.17) is 4.74 Å². The molecule has 0 unspecified atom stereocenters. The third kappa shape index (κ3) is 3.16. The van der Waals surface area contributed by atoms with Crippen molar-refractivity contribution in [1.82, 2.24) is 19.7 Å². The molecule has 132 valence electrons. The van der Waals surface area contributed by atoms with Crippen LogP contribution >= 0.6 is 0 Å². The molecule has 26 heavy (non-hydrogen) atoms. The number of benzene rings is 1. The molecule has 1 N–H and O–H groups in total. The van der Waals surface area contributed by atoms with Crippen LogP contribution in [0.5, 0.6) is 0 Å². The van der Waals surface area contributed by atoms with Gasteiger partial charge in [-0.2, -0.15) is 0 Å². The van der Waals surface area contributed by atoms with E-state index in [0.29, 0.717) is 25.4 Å². The van der Waals surface area contributed by atoms with Crippen molar-refractivity contribution in [3.8, 4) is 5.69 Å². The summed E-state index contributed by atoms with van der Waals surface area (Å²) < 4.78 is 7.13. The number of H-pyrrole nitrogens is 1. The van der Waals surface area contributed by atoms with E-state index in [0.717, 1.165) is 5.56 Å². The number of morpholine rings is 1. The molecule has 3 aromatic rings. The molecule has 1 saturated heterocycles.